The summed E-state index contributed by atoms with van der Waals surface area (Å²) in [6.07, 6.45) is 0.931. The Bertz CT molecular complexity index is 369. The van der Waals surface area contributed by atoms with Crippen LogP contribution in [0.15, 0.2) is 29.3 Å². The first-order valence-electron chi connectivity index (χ1n) is 3.62. The van der Waals surface area contributed by atoms with Crippen LogP contribution >= 0.6 is 15.9 Å². The minimum Gasteiger partial charge on any atom is -0.318 e. The fraction of sp³-hybridized carbons (Fsp3) is 0. The standard InChI is InChI=1S/C9H6BrF2NO/c1-2-8(14)13-9-6(11)3-5(10)4-7(9)12/h2-4H,1H2,(H,13,14). The highest BCUT2D eigenvalue weighted by Gasteiger charge is 2.11. The van der Waals surface area contributed by atoms with Crippen LogP contribution in [-0.2, 0) is 4.79 Å². The molecule has 5 heteroatoms. The fourth-order valence-electron chi connectivity index (χ4n) is 0.836. The number of carbonyl (C=O) groups excluding carboxylic acids is 1. The first kappa shape index (κ1) is 10.8. The third-order valence-corrected chi connectivity index (χ3v) is 1.90. The quantitative estimate of drug-likeness (QED) is 0.816. The number of rotatable bonds is 2. The van der Waals surface area contributed by atoms with E-state index >= 15 is 0 Å². The topological polar surface area (TPSA) is 29.1 Å². The van der Waals surface area contributed by atoms with E-state index in [1.807, 2.05) is 5.32 Å². The van der Waals surface area contributed by atoms with Crippen molar-refractivity contribution in [3.8, 4) is 0 Å². The van der Waals surface area contributed by atoms with Crippen molar-refractivity contribution in [2.24, 2.45) is 0 Å². The van der Waals surface area contributed by atoms with Crippen molar-refractivity contribution < 1.29 is 13.6 Å². The summed E-state index contributed by atoms with van der Waals surface area (Å²) in [5, 5.41) is 2.03. The molecule has 1 N–H and O–H groups in total. The molecule has 0 saturated carbocycles. The predicted molar refractivity (Wildman–Crippen MR) is 52.9 cm³/mol. The van der Waals surface area contributed by atoms with Crippen molar-refractivity contribution in [2.75, 3.05) is 5.32 Å². The Morgan fingerprint density at radius 3 is 2.36 bits per heavy atom. The second kappa shape index (κ2) is 4.32. The first-order valence-corrected chi connectivity index (χ1v) is 4.42. The Labute approximate surface area is 87.7 Å². The second-order valence-corrected chi connectivity index (χ2v) is 3.35. The van der Waals surface area contributed by atoms with Gasteiger partial charge in [-0.2, -0.15) is 0 Å². The summed E-state index contributed by atoms with van der Waals surface area (Å²) in [6.45, 7) is 3.17. The Morgan fingerprint density at radius 2 is 1.93 bits per heavy atom. The molecule has 0 bridgehead atoms. The van der Waals surface area contributed by atoms with E-state index in [1.165, 1.54) is 0 Å². The smallest absolute Gasteiger partial charge is 0.247 e. The maximum Gasteiger partial charge on any atom is 0.247 e. The van der Waals surface area contributed by atoms with Gasteiger partial charge in [-0.1, -0.05) is 22.5 Å². The second-order valence-electron chi connectivity index (χ2n) is 2.44. The van der Waals surface area contributed by atoms with Gasteiger partial charge in [-0.25, -0.2) is 8.78 Å². The number of anilines is 1. The van der Waals surface area contributed by atoms with Crippen molar-refractivity contribution in [2.45, 2.75) is 0 Å². The number of benzene rings is 1. The lowest BCUT2D eigenvalue weighted by Gasteiger charge is -2.05. The highest BCUT2D eigenvalue weighted by Crippen LogP contribution is 2.23. The fourth-order valence-corrected chi connectivity index (χ4v) is 1.24. The third kappa shape index (κ3) is 2.38. The molecule has 2 nitrogen and oxygen atoms in total. The molecule has 1 aromatic rings. The maximum absolute atomic E-state index is 13.1. The zero-order chi connectivity index (χ0) is 10.7. The van der Waals surface area contributed by atoms with Crippen molar-refractivity contribution in [3.63, 3.8) is 0 Å². The van der Waals surface area contributed by atoms with E-state index in [2.05, 4.69) is 22.5 Å². The molecule has 0 unspecified atom stereocenters. The average Bonchev–Trinajstić information content (AvgIpc) is 2.10. The summed E-state index contributed by atoms with van der Waals surface area (Å²) in [7, 11) is 0. The molecule has 0 fully saturated rings. The lowest BCUT2D eigenvalue weighted by molar-refractivity contribution is -0.111. The molecule has 0 spiro atoms. The minimum absolute atomic E-state index is 0.268. The Balaban J connectivity index is 3.08. The van der Waals surface area contributed by atoms with Crippen LogP contribution in [0.4, 0.5) is 14.5 Å². The Morgan fingerprint density at radius 1 is 1.43 bits per heavy atom. The van der Waals surface area contributed by atoms with Gasteiger partial charge in [-0.15, -0.1) is 0 Å². The molecule has 0 aliphatic carbocycles. The molecule has 0 saturated heterocycles. The molecule has 1 rings (SSSR count). The molecule has 1 amide bonds. The van der Waals surface area contributed by atoms with Gasteiger partial charge in [0.2, 0.25) is 5.91 Å². The summed E-state index contributed by atoms with van der Waals surface area (Å²) in [5.41, 5.74) is -0.474. The van der Waals surface area contributed by atoms with Crippen LogP contribution in [-0.4, -0.2) is 5.91 Å². The van der Waals surface area contributed by atoms with Crippen molar-refractivity contribution in [1.29, 1.82) is 0 Å². The molecule has 0 aliphatic rings. The van der Waals surface area contributed by atoms with Gasteiger partial charge < -0.3 is 5.32 Å². The van der Waals surface area contributed by atoms with Crippen LogP contribution in [0.25, 0.3) is 0 Å². The Kier molecular flexibility index (Phi) is 3.35. The van der Waals surface area contributed by atoms with E-state index in [-0.39, 0.29) is 4.47 Å². The largest absolute Gasteiger partial charge is 0.318 e. The van der Waals surface area contributed by atoms with E-state index in [1.54, 1.807) is 0 Å². The monoisotopic (exact) mass is 261 g/mol. The zero-order valence-corrected chi connectivity index (χ0v) is 8.57. The van der Waals surface area contributed by atoms with Gasteiger partial charge in [-0.05, 0) is 18.2 Å². The molecule has 0 aromatic heterocycles. The van der Waals surface area contributed by atoms with E-state index in [4.69, 9.17) is 0 Å². The zero-order valence-electron chi connectivity index (χ0n) is 6.98. The summed E-state index contributed by atoms with van der Waals surface area (Å²) in [6, 6.07) is 2.11. The summed E-state index contributed by atoms with van der Waals surface area (Å²) in [5.74, 6) is -2.34. The van der Waals surface area contributed by atoms with Gasteiger partial charge in [-0.3, -0.25) is 4.79 Å². The highest BCUT2D eigenvalue weighted by atomic mass is 79.9. The normalized spacial score (nSPS) is 9.64. The van der Waals surface area contributed by atoms with E-state index in [0.29, 0.717) is 0 Å². The molecule has 0 heterocycles. The highest BCUT2D eigenvalue weighted by molar-refractivity contribution is 9.10. The van der Waals surface area contributed by atoms with Crippen molar-refractivity contribution in [1.82, 2.24) is 0 Å². The molecule has 14 heavy (non-hydrogen) atoms. The maximum atomic E-state index is 13.1. The van der Waals surface area contributed by atoms with E-state index in [0.717, 1.165) is 18.2 Å². The molecule has 0 radical (unpaired) electrons. The molecular formula is C9H6BrF2NO. The number of nitrogens with one attached hydrogen (secondary N) is 1. The van der Waals surface area contributed by atoms with Gasteiger partial charge in [0, 0.05) is 4.47 Å². The lowest BCUT2D eigenvalue weighted by atomic mass is 10.3. The molecule has 0 aliphatic heterocycles. The van der Waals surface area contributed by atoms with Gasteiger partial charge in [0.05, 0.1) is 0 Å². The number of halogens is 3. The van der Waals surface area contributed by atoms with Gasteiger partial charge in [0.15, 0.2) is 11.6 Å². The van der Waals surface area contributed by atoms with E-state index < -0.39 is 23.2 Å². The third-order valence-electron chi connectivity index (χ3n) is 1.44. The average molecular weight is 262 g/mol. The Hall–Kier alpha value is -1.23. The minimum atomic E-state index is -0.841. The molecule has 1 aromatic carbocycles. The van der Waals surface area contributed by atoms with Crippen LogP contribution in [0.5, 0.6) is 0 Å². The number of hydrogen-bond acceptors (Lipinski definition) is 1. The van der Waals surface area contributed by atoms with Crippen LogP contribution in [0.2, 0.25) is 0 Å². The molecule has 74 valence electrons. The van der Waals surface area contributed by atoms with Crippen molar-refractivity contribution in [3.05, 3.63) is 40.9 Å². The van der Waals surface area contributed by atoms with Crippen LogP contribution < -0.4 is 5.32 Å². The summed E-state index contributed by atoms with van der Waals surface area (Å²) < 4.78 is 26.4. The van der Waals surface area contributed by atoms with Gasteiger partial charge in [0.25, 0.3) is 0 Å². The van der Waals surface area contributed by atoms with Crippen molar-refractivity contribution >= 4 is 27.5 Å². The van der Waals surface area contributed by atoms with Gasteiger partial charge in [0.1, 0.15) is 5.69 Å². The van der Waals surface area contributed by atoms with Gasteiger partial charge >= 0.3 is 0 Å². The van der Waals surface area contributed by atoms with E-state index in [9.17, 15) is 13.6 Å². The van der Waals surface area contributed by atoms with Crippen LogP contribution in [0, 0.1) is 11.6 Å². The summed E-state index contributed by atoms with van der Waals surface area (Å²) in [4.78, 5) is 10.8. The number of carbonyl (C=O) groups is 1. The van der Waals surface area contributed by atoms with Crippen LogP contribution in [0.1, 0.15) is 0 Å². The SMILES string of the molecule is C=CC(=O)Nc1c(F)cc(Br)cc1F. The molecule has 0 atom stereocenters. The predicted octanol–water partition coefficient (Wildman–Crippen LogP) is 2.85. The lowest BCUT2D eigenvalue weighted by Crippen LogP contribution is -2.10. The first-order chi connectivity index (χ1) is 6.54. The van der Waals surface area contributed by atoms with Crippen LogP contribution in [0.3, 0.4) is 0 Å². The molecular weight excluding hydrogens is 256 g/mol. The summed E-state index contributed by atoms with van der Waals surface area (Å²) >= 11 is 2.92. The number of amides is 1. The number of hydrogen-bond donors (Lipinski definition) is 1.